The third kappa shape index (κ3) is 3.20. The average molecular weight is 373 g/mol. The van der Waals surface area contributed by atoms with Crippen LogP contribution in [0.25, 0.3) is 0 Å². The van der Waals surface area contributed by atoms with Gasteiger partial charge < -0.3 is 14.5 Å². The number of benzene rings is 2. The number of aromatic nitrogens is 1. The van der Waals surface area contributed by atoms with Crippen molar-refractivity contribution in [1.82, 2.24) is 4.98 Å². The highest BCUT2D eigenvalue weighted by atomic mass is 16.5. The molecule has 1 aliphatic heterocycles. The SMILES string of the molecule is COc1cccc(N(c2ccccn2)C2CC(C)N(C=O)c3ccccc32)c1. The standard InChI is InChI=1S/C23H23N3O2/c1-17-14-22(20-10-3-4-11-21(20)25(17)16-27)26(23-12-5-6-13-24-23)18-8-7-9-19(15-18)28-2/h3-13,15-17,22H,14H2,1-2H3. The summed E-state index contributed by atoms with van der Waals surface area (Å²) in [6, 6.07) is 22.2. The summed E-state index contributed by atoms with van der Waals surface area (Å²) < 4.78 is 5.45. The van der Waals surface area contributed by atoms with E-state index in [4.69, 9.17) is 4.74 Å². The zero-order valence-electron chi connectivity index (χ0n) is 16.0. The smallest absolute Gasteiger partial charge is 0.214 e. The zero-order valence-corrected chi connectivity index (χ0v) is 16.0. The fourth-order valence-corrected chi connectivity index (χ4v) is 3.94. The summed E-state index contributed by atoms with van der Waals surface area (Å²) in [5, 5.41) is 0. The van der Waals surface area contributed by atoms with Crippen LogP contribution in [0.4, 0.5) is 17.2 Å². The third-order valence-electron chi connectivity index (χ3n) is 5.27. The second kappa shape index (κ2) is 7.72. The van der Waals surface area contributed by atoms with Crippen LogP contribution in [0.15, 0.2) is 72.9 Å². The van der Waals surface area contributed by atoms with Crippen LogP contribution in [0.5, 0.6) is 5.75 Å². The Morgan fingerprint density at radius 3 is 2.68 bits per heavy atom. The van der Waals surface area contributed by atoms with Crippen molar-refractivity contribution in [3.63, 3.8) is 0 Å². The molecule has 1 aromatic heterocycles. The predicted octanol–water partition coefficient (Wildman–Crippen LogP) is 4.72. The Morgan fingerprint density at radius 1 is 1.11 bits per heavy atom. The van der Waals surface area contributed by atoms with E-state index in [0.29, 0.717) is 0 Å². The summed E-state index contributed by atoms with van der Waals surface area (Å²) >= 11 is 0. The predicted molar refractivity (Wildman–Crippen MR) is 111 cm³/mol. The van der Waals surface area contributed by atoms with Gasteiger partial charge in [0.15, 0.2) is 0 Å². The second-order valence-corrected chi connectivity index (χ2v) is 6.93. The molecule has 0 saturated heterocycles. The van der Waals surface area contributed by atoms with Gasteiger partial charge in [0.25, 0.3) is 0 Å². The number of amides is 1. The quantitative estimate of drug-likeness (QED) is 0.607. The van der Waals surface area contributed by atoms with Crippen molar-refractivity contribution < 1.29 is 9.53 Å². The van der Waals surface area contributed by atoms with Gasteiger partial charge in [-0.15, -0.1) is 0 Å². The van der Waals surface area contributed by atoms with E-state index in [-0.39, 0.29) is 12.1 Å². The van der Waals surface area contributed by atoms with Crippen molar-refractivity contribution in [2.75, 3.05) is 16.9 Å². The molecule has 142 valence electrons. The average Bonchev–Trinajstić information content (AvgIpc) is 2.75. The Kier molecular flexibility index (Phi) is 4.98. The first kappa shape index (κ1) is 18.0. The van der Waals surface area contributed by atoms with Crippen LogP contribution in [0.1, 0.15) is 24.9 Å². The molecule has 0 aliphatic carbocycles. The van der Waals surface area contributed by atoms with Gasteiger partial charge in [0, 0.05) is 29.7 Å². The van der Waals surface area contributed by atoms with E-state index in [1.165, 1.54) is 0 Å². The molecule has 28 heavy (non-hydrogen) atoms. The summed E-state index contributed by atoms with van der Waals surface area (Å²) in [4.78, 5) is 20.4. The number of anilines is 3. The molecular formula is C23H23N3O2. The molecule has 2 heterocycles. The van der Waals surface area contributed by atoms with Crippen LogP contribution in [0.2, 0.25) is 0 Å². The second-order valence-electron chi connectivity index (χ2n) is 6.93. The van der Waals surface area contributed by atoms with Gasteiger partial charge in [-0.05, 0) is 49.2 Å². The number of para-hydroxylation sites is 1. The molecule has 1 amide bonds. The number of pyridine rings is 1. The fraction of sp³-hybridized carbons (Fsp3) is 0.217. The van der Waals surface area contributed by atoms with Crippen molar-refractivity contribution >= 4 is 23.6 Å². The monoisotopic (exact) mass is 373 g/mol. The molecule has 1 aliphatic rings. The van der Waals surface area contributed by atoms with Gasteiger partial charge in [0.2, 0.25) is 6.41 Å². The minimum atomic E-state index is 0.0457. The maximum Gasteiger partial charge on any atom is 0.214 e. The van der Waals surface area contributed by atoms with Crippen molar-refractivity contribution in [2.45, 2.75) is 25.4 Å². The normalized spacial score (nSPS) is 18.3. The molecule has 0 spiro atoms. The molecule has 5 nitrogen and oxygen atoms in total. The largest absolute Gasteiger partial charge is 0.497 e. The van der Waals surface area contributed by atoms with E-state index in [1.54, 1.807) is 13.3 Å². The number of methoxy groups -OCH3 is 1. The van der Waals surface area contributed by atoms with Gasteiger partial charge in [-0.2, -0.15) is 0 Å². The molecule has 3 aromatic rings. The molecule has 0 bridgehead atoms. The maximum absolute atomic E-state index is 11.7. The number of carbonyl (C=O) groups excluding carboxylic acids is 1. The number of ether oxygens (including phenoxy) is 1. The van der Waals surface area contributed by atoms with E-state index in [0.717, 1.165) is 41.3 Å². The van der Waals surface area contributed by atoms with Crippen LogP contribution < -0.4 is 14.5 Å². The first-order chi connectivity index (χ1) is 13.7. The summed E-state index contributed by atoms with van der Waals surface area (Å²) in [5.74, 6) is 1.66. The van der Waals surface area contributed by atoms with Crippen LogP contribution in [0.3, 0.4) is 0 Å². The number of rotatable bonds is 5. The van der Waals surface area contributed by atoms with Gasteiger partial charge in [0.05, 0.1) is 13.2 Å². The molecular weight excluding hydrogens is 350 g/mol. The lowest BCUT2D eigenvalue weighted by Crippen LogP contribution is -2.41. The maximum atomic E-state index is 11.7. The Morgan fingerprint density at radius 2 is 1.93 bits per heavy atom. The molecule has 2 aromatic carbocycles. The third-order valence-corrected chi connectivity index (χ3v) is 5.27. The minimum absolute atomic E-state index is 0.0457. The van der Waals surface area contributed by atoms with Crippen LogP contribution in [-0.4, -0.2) is 24.5 Å². The Labute approximate surface area is 165 Å². The van der Waals surface area contributed by atoms with E-state index in [9.17, 15) is 4.79 Å². The van der Waals surface area contributed by atoms with E-state index in [1.807, 2.05) is 59.5 Å². The Hall–Kier alpha value is -3.34. The van der Waals surface area contributed by atoms with Crippen molar-refractivity contribution in [2.24, 2.45) is 0 Å². The fourth-order valence-electron chi connectivity index (χ4n) is 3.94. The van der Waals surface area contributed by atoms with Crippen molar-refractivity contribution in [3.8, 4) is 5.75 Å². The van der Waals surface area contributed by atoms with E-state index >= 15 is 0 Å². The molecule has 4 rings (SSSR count). The number of carbonyl (C=O) groups is 1. The highest BCUT2D eigenvalue weighted by Gasteiger charge is 2.34. The van der Waals surface area contributed by atoms with Crippen LogP contribution in [0, 0.1) is 0 Å². The van der Waals surface area contributed by atoms with Gasteiger partial charge in [-0.1, -0.05) is 30.3 Å². The summed E-state index contributed by atoms with van der Waals surface area (Å²) in [7, 11) is 1.67. The minimum Gasteiger partial charge on any atom is -0.497 e. The van der Waals surface area contributed by atoms with Gasteiger partial charge in [-0.3, -0.25) is 4.79 Å². The highest BCUT2D eigenvalue weighted by Crippen LogP contribution is 2.44. The molecule has 2 unspecified atom stereocenters. The first-order valence-corrected chi connectivity index (χ1v) is 9.40. The lowest BCUT2D eigenvalue weighted by molar-refractivity contribution is -0.107. The lowest BCUT2D eigenvalue weighted by Gasteiger charge is -2.42. The topological polar surface area (TPSA) is 45.7 Å². The van der Waals surface area contributed by atoms with Crippen LogP contribution >= 0.6 is 0 Å². The number of hydrogen-bond donors (Lipinski definition) is 0. The molecule has 0 N–H and O–H groups in total. The van der Waals surface area contributed by atoms with Gasteiger partial charge in [-0.25, -0.2) is 4.98 Å². The lowest BCUT2D eigenvalue weighted by atomic mass is 9.90. The highest BCUT2D eigenvalue weighted by molar-refractivity contribution is 5.80. The molecule has 0 saturated carbocycles. The molecule has 0 radical (unpaired) electrons. The van der Waals surface area contributed by atoms with Crippen LogP contribution in [-0.2, 0) is 4.79 Å². The summed E-state index contributed by atoms with van der Waals surface area (Å²) in [6.45, 7) is 2.08. The van der Waals surface area contributed by atoms with Gasteiger partial charge >= 0.3 is 0 Å². The van der Waals surface area contributed by atoms with E-state index in [2.05, 4.69) is 28.9 Å². The Bertz CT molecular complexity index is 961. The number of fused-ring (bicyclic) bond motifs is 1. The molecule has 2 atom stereocenters. The van der Waals surface area contributed by atoms with Crippen molar-refractivity contribution in [3.05, 3.63) is 78.5 Å². The summed E-state index contributed by atoms with van der Waals surface area (Å²) in [5.41, 5.74) is 3.07. The number of nitrogens with zero attached hydrogens (tertiary/aromatic N) is 3. The zero-order chi connectivity index (χ0) is 19.5. The van der Waals surface area contributed by atoms with Gasteiger partial charge in [0.1, 0.15) is 11.6 Å². The summed E-state index contributed by atoms with van der Waals surface area (Å²) in [6.07, 6.45) is 3.53. The molecule has 5 heteroatoms. The first-order valence-electron chi connectivity index (χ1n) is 9.40. The van der Waals surface area contributed by atoms with Crippen molar-refractivity contribution in [1.29, 1.82) is 0 Å². The Balaban J connectivity index is 1.88. The van der Waals surface area contributed by atoms with E-state index < -0.39 is 0 Å². The number of hydrogen-bond acceptors (Lipinski definition) is 4. The molecule has 0 fully saturated rings.